The molecule has 2 atom stereocenters. The Kier molecular flexibility index (Phi) is 6.31. The van der Waals surface area contributed by atoms with Crippen LogP contribution in [0.1, 0.15) is 31.1 Å². The molecule has 0 saturated carbocycles. The van der Waals surface area contributed by atoms with E-state index in [0.29, 0.717) is 10.0 Å². The van der Waals surface area contributed by atoms with E-state index in [1.807, 2.05) is 6.92 Å². The van der Waals surface area contributed by atoms with Gasteiger partial charge in [-0.3, -0.25) is 9.59 Å². The van der Waals surface area contributed by atoms with Crippen LogP contribution in [0.3, 0.4) is 0 Å². The van der Waals surface area contributed by atoms with E-state index in [0.717, 1.165) is 22.0 Å². The zero-order valence-corrected chi connectivity index (χ0v) is 16.1. The molecule has 0 aliphatic rings. The zero-order valence-electron chi connectivity index (χ0n) is 13.8. The number of aryl methyl sites for hydroxylation is 1. The third kappa shape index (κ3) is 4.65. The second-order valence-corrected chi connectivity index (χ2v) is 7.55. The Morgan fingerprint density at radius 3 is 2.64 bits per heavy atom. The largest absolute Gasteiger partial charge is 0.349 e. The van der Waals surface area contributed by atoms with Gasteiger partial charge in [-0.15, -0.1) is 10.2 Å². The summed E-state index contributed by atoms with van der Waals surface area (Å²) in [6.07, 6.45) is 0. The predicted molar refractivity (Wildman–Crippen MR) is 99.5 cm³/mol. The standard InChI is InChI=1S/C15H17Cl2N5O2S/c1-7(11-5-4-10(16)6-12(11)17)19-13(23)9(3)25-15-21-20-8(2)14(24)22(15)18/h4-7,9H,18H2,1-3H3,(H,19,23)/t7-,9-/m0/s1. The number of halogens is 2. The average molecular weight is 402 g/mol. The van der Waals surface area contributed by atoms with Crippen LogP contribution in [0.15, 0.2) is 28.2 Å². The van der Waals surface area contributed by atoms with E-state index in [2.05, 4.69) is 15.5 Å². The Morgan fingerprint density at radius 2 is 2.00 bits per heavy atom. The fourth-order valence-corrected chi connectivity index (χ4v) is 3.37. The van der Waals surface area contributed by atoms with Crippen molar-refractivity contribution in [1.29, 1.82) is 0 Å². The third-order valence-electron chi connectivity index (χ3n) is 3.46. The van der Waals surface area contributed by atoms with Gasteiger partial charge in [0.1, 0.15) is 5.69 Å². The van der Waals surface area contributed by atoms with Crippen LogP contribution in [0, 0.1) is 6.92 Å². The average Bonchev–Trinajstić information content (AvgIpc) is 2.55. The molecular formula is C15H17Cl2N5O2S. The van der Waals surface area contributed by atoms with Gasteiger partial charge in [0.05, 0.1) is 11.3 Å². The second-order valence-electron chi connectivity index (χ2n) is 5.40. The minimum atomic E-state index is -0.542. The van der Waals surface area contributed by atoms with Crippen molar-refractivity contribution < 1.29 is 4.79 Å². The maximum atomic E-state index is 12.4. The Bertz CT molecular complexity index is 858. The zero-order chi connectivity index (χ0) is 18.7. The lowest BCUT2D eigenvalue weighted by Crippen LogP contribution is -2.36. The Balaban J connectivity index is 2.07. The topological polar surface area (TPSA) is 103 Å². The van der Waals surface area contributed by atoms with Crippen molar-refractivity contribution in [3.8, 4) is 0 Å². The van der Waals surface area contributed by atoms with E-state index < -0.39 is 10.8 Å². The van der Waals surface area contributed by atoms with E-state index in [-0.39, 0.29) is 22.8 Å². The minimum absolute atomic E-state index is 0.162. The van der Waals surface area contributed by atoms with Gasteiger partial charge in [-0.1, -0.05) is 41.0 Å². The molecule has 2 aromatic rings. The first kappa shape index (κ1) is 19.6. The van der Waals surface area contributed by atoms with Gasteiger partial charge in [-0.05, 0) is 38.5 Å². The number of carbonyl (C=O) groups excluding carboxylic acids is 1. The molecule has 0 aliphatic heterocycles. The van der Waals surface area contributed by atoms with Crippen molar-refractivity contribution >= 4 is 40.9 Å². The van der Waals surface area contributed by atoms with Gasteiger partial charge in [-0.25, -0.2) is 0 Å². The Morgan fingerprint density at radius 1 is 1.32 bits per heavy atom. The van der Waals surface area contributed by atoms with Gasteiger partial charge >= 0.3 is 0 Å². The summed E-state index contributed by atoms with van der Waals surface area (Å²) in [4.78, 5) is 24.2. The molecule has 0 aliphatic carbocycles. The first-order chi connectivity index (χ1) is 11.7. The lowest BCUT2D eigenvalue weighted by atomic mass is 10.1. The highest BCUT2D eigenvalue weighted by Gasteiger charge is 2.21. The molecule has 0 fully saturated rings. The maximum absolute atomic E-state index is 12.4. The second kappa shape index (κ2) is 8.07. The number of benzene rings is 1. The van der Waals surface area contributed by atoms with E-state index in [4.69, 9.17) is 29.0 Å². The molecule has 0 unspecified atom stereocenters. The summed E-state index contributed by atoms with van der Waals surface area (Å²) in [5.41, 5.74) is 0.490. The molecule has 10 heteroatoms. The van der Waals surface area contributed by atoms with Gasteiger partial charge in [-0.2, -0.15) is 4.68 Å². The molecule has 1 amide bonds. The first-order valence-corrected chi connectivity index (χ1v) is 8.97. The number of aromatic nitrogens is 3. The number of amides is 1. The van der Waals surface area contributed by atoms with Crippen LogP contribution < -0.4 is 16.7 Å². The molecule has 0 bridgehead atoms. The molecule has 25 heavy (non-hydrogen) atoms. The highest BCUT2D eigenvalue weighted by atomic mass is 35.5. The third-order valence-corrected chi connectivity index (χ3v) is 5.08. The summed E-state index contributed by atoms with van der Waals surface area (Å²) < 4.78 is 0.885. The molecular weight excluding hydrogens is 385 g/mol. The summed E-state index contributed by atoms with van der Waals surface area (Å²) in [6, 6.07) is 4.77. The van der Waals surface area contributed by atoms with E-state index >= 15 is 0 Å². The van der Waals surface area contributed by atoms with Crippen LogP contribution in [-0.4, -0.2) is 26.0 Å². The van der Waals surface area contributed by atoms with Crippen LogP contribution >= 0.6 is 35.0 Å². The van der Waals surface area contributed by atoms with E-state index in [1.54, 1.807) is 25.1 Å². The highest BCUT2D eigenvalue weighted by Crippen LogP contribution is 2.27. The molecule has 0 saturated heterocycles. The summed E-state index contributed by atoms with van der Waals surface area (Å²) in [7, 11) is 0. The quantitative estimate of drug-likeness (QED) is 0.588. The highest BCUT2D eigenvalue weighted by molar-refractivity contribution is 8.00. The first-order valence-electron chi connectivity index (χ1n) is 7.34. The van der Waals surface area contributed by atoms with Crippen LogP contribution in [-0.2, 0) is 4.79 Å². The molecule has 0 radical (unpaired) electrons. The number of carbonyl (C=O) groups is 1. The van der Waals surface area contributed by atoms with Crippen LogP contribution in [0.5, 0.6) is 0 Å². The lowest BCUT2D eigenvalue weighted by Gasteiger charge is -2.19. The Labute approximate surface area is 158 Å². The summed E-state index contributed by atoms with van der Waals surface area (Å²) in [6.45, 7) is 5.01. The molecule has 0 spiro atoms. The SMILES string of the molecule is Cc1nnc(S[C@@H](C)C(=O)N[C@@H](C)c2ccc(Cl)cc2Cl)n(N)c1=O. The minimum Gasteiger partial charge on any atom is -0.349 e. The van der Waals surface area contributed by atoms with Crippen molar-refractivity contribution in [3.05, 3.63) is 49.9 Å². The van der Waals surface area contributed by atoms with Crippen molar-refractivity contribution in [3.63, 3.8) is 0 Å². The normalized spacial score (nSPS) is 13.3. The van der Waals surface area contributed by atoms with Crippen molar-refractivity contribution in [2.24, 2.45) is 0 Å². The maximum Gasteiger partial charge on any atom is 0.294 e. The van der Waals surface area contributed by atoms with E-state index in [9.17, 15) is 9.59 Å². The van der Waals surface area contributed by atoms with Crippen LogP contribution in [0.25, 0.3) is 0 Å². The molecule has 2 rings (SSSR count). The molecule has 3 N–H and O–H groups in total. The number of hydrogen-bond acceptors (Lipinski definition) is 6. The fraction of sp³-hybridized carbons (Fsp3) is 0.333. The number of nitrogens with zero attached hydrogens (tertiary/aromatic N) is 3. The fourth-order valence-electron chi connectivity index (χ4n) is 2.02. The summed E-state index contributed by atoms with van der Waals surface area (Å²) in [5, 5.41) is 11.1. The lowest BCUT2D eigenvalue weighted by molar-refractivity contribution is -0.120. The number of thioether (sulfide) groups is 1. The number of nitrogen functional groups attached to an aromatic ring is 1. The monoisotopic (exact) mass is 401 g/mol. The van der Waals surface area contributed by atoms with Gasteiger partial charge in [0.15, 0.2) is 0 Å². The van der Waals surface area contributed by atoms with Crippen molar-refractivity contribution in [1.82, 2.24) is 20.2 Å². The van der Waals surface area contributed by atoms with Crippen molar-refractivity contribution in [2.45, 2.75) is 37.2 Å². The smallest absolute Gasteiger partial charge is 0.294 e. The van der Waals surface area contributed by atoms with Gasteiger partial charge in [0.25, 0.3) is 5.56 Å². The molecule has 1 aromatic carbocycles. The van der Waals surface area contributed by atoms with Gasteiger partial charge in [0, 0.05) is 10.0 Å². The summed E-state index contributed by atoms with van der Waals surface area (Å²) in [5.74, 6) is 5.43. The molecule has 1 heterocycles. The van der Waals surface area contributed by atoms with Gasteiger partial charge in [0.2, 0.25) is 11.1 Å². The number of nitrogens with two attached hydrogens (primary N) is 1. The van der Waals surface area contributed by atoms with Crippen LogP contribution in [0.4, 0.5) is 0 Å². The molecule has 7 nitrogen and oxygen atoms in total. The number of nitrogens with one attached hydrogen (secondary N) is 1. The Hall–Kier alpha value is -1.77. The van der Waals surface area contributed by atoms with Crippen molar-refractivity contribution in [2.75, 3.05) is 5.84 Å². The predicted octanol–water partition coefficient (Wildman–Crippen LogP) is 2.33. The molecule has 134 valence electrons. The number of rotatable bonds is 5. The van der Waals surface area contributed by atoms with E-state index in [1.165, 1.54) is 6.92 Å². The van der Waals surface area contributed by atoms with Gasteiger partial charge < -0.3 is 11.2 Å². The summed E-state index contributed by atoms with van der Waals surface area (Å²) >= 11 is 13.1. The van der Waals surface area contributed by atoms with Crippen LogP contribution in [0.2, 0.25) is 10.0 Å². The number of hydrogen-bond donors (Lipinski definition) is 2. The molecule has 1 aromatic heterocycles.